The lowest BCUT2D eigenvalue weighted by Crippen LogP contribution is -2.00. The summed E-state index contributed by atoms with van der Waals surface area (Å²) in [5.41, 5.74) is 1.38. The van der Waals surface area contributed by atoms with Crippen LogP contribution in [0, 0.1) is 17.5 Å². The van der Waals surface area contributed by atoms with Gasteiger partial charge in [0.1, 0.15) is 0 Å². The van der Waals surface area contributed by atoms with E-state index in [4.69, 9.17) is 0 Å². The normalized spacial score (nSPS) is 12.5. The zero-order valence-electron chi connectivity index (χ0n) is 9.64. The van der Waals surface area contributed by atoms with E-state index >= 15 is 0 Å². The first kappa shape index (κ1) is 14.6. The van der Waals surface area contributed by atoms with Crippen molar-refractivity contribution in [3.05, 3.63) is 69.4 Å². The van der Waals surface area contributed by atoms with Crippen LogP contribution in [-0.4, -0.2) is 0 Å². The molecule has 0 fully saturated rings. The molecule has 0 radical (unpaired) electrons. The molecule has 19 heavy (non-hydrogen) atoms. The Morgan fingerprint density at radius 2 is 1.47 bits per heavy atom. The summed E-state index contributed by atoms with van der Waals surface area (Å²) in [7, 11) is 0. The summed E-state index contributed by atoms with van der Waals surface area (Å²) in [5, 5.41) is 0. The first-order chi connectivity index (χ1) is 8.97. The van der Waals surface area contributed by atoms with Crippen LogP contribution in [0.25, 0.3) is 0 Å². The van der Waals surface area contributed by atoms with Crippen molar-refractivity contribution in [1.82, 2.24) is 0 Å². The predicted molar refractivity (Wildman–Crippen MR) is 75.8 cm³/mol. The molecule has 0 aliphatic rings. The van der Waals surface area contributed by atoms with Gasteiger partial charge in [0, 0.05) is 9.30 Å². The van der Waals surface area contributed by atoms with Crippen LogP contribution >= 0.6 is 31.9 Å². The van der Waals surface area contributed by atoms with E-state index in [1.165, 1.54) is 0 Å². The summed E-state index contributed by atoms with van der Waals surface area (Å²) in [6.45, 7) is 0. The molecule has 0 aliphatic carbocycles. The number of halogens is 5. The van der Waals surface area contributed by atoms with Gasteiger partial charge in [0.15, 0.2) is 17.5 Å². The highest BCUT2D eigenvalue weighted by atomic mass is 79.9. The third-order valence-corrected chi connectivity index (χ3v) is 4.08. The fourth-order valence-corrected chi connectivity index (χ4v) is 2.60. The van der Waals surface area contributed by atoms with Crippen LogP contribution in [0.15, 0.2) is 40.9 Å². The van der Waals surface area contributed by atoms with Crippen LogP contribution in [0.5, 0.6) is 0 Å². The Hall–Kier alpha value is -0.810. The first-order valence-electron chi connectivity index (χ1n) is 5.50. The highest BCUT2D eigenvalue weighted by molar-refractivity contribution is 9.10. The Balaban J connectivity index is 2.20. The van der Waals surface area contributed by atoms with Crippen molar-refractivity contribution >= 4 is 31.9 Å². The molecule has 0 heterocycles. The molecule has 0 aromatic heterocycles. The zero-order chi connectivity index (χ0) is 14.0. The van der Waals surface area contributed by atoms with Crippen molar-refractivity contribution < 1.29 is 13.2 Å². The largest absolute Gasteiger partial charge is 0.204 e. The molecule has 0 amide bonds. The molecule has 2 aromatic carbocycles. The van der Waals surface area contributed by atoms with Crippen LogP contribution in [0.2, 0.25) is 0 Å². The van der Waals surface area contributed by atoms with E-state index in [2.05, 4.69) is 31.9 Å². The van der Waals surface area contributed by atoms with E-state index in [0.717, 1.165) is 22.2 Å². The van der Waals surface area contributed by atoms with Gasteiger partial charge in [-0.15, -0.1) is 0 Å². The maximum absolute atomic E-state index is 13.2. The van der Waals surface area contributed by atoms with Crippen molar-refractivity contribution in [3.63, 3.8) is 0 Å². The molecule has 0 spiro atoms. The third kappa shape index (κ3) is 3.60. The maximum atomic E-state index is 13.2. The van der Waals surface area contributed by atoms with Crippen molar-refractivity contribution in [2.75, 3.05) is 0 Å². The molecular formula is C14H9Br2F3. The second-order valence-corrected chi connectivity index (χ2v) is 6.12. The van der Waals surface area contributed by atoms with E-state index in [0.29, 0.717) is 12.0 Å². The van der Waals surface area contributed by atoms with Crippen LogP contribution in [-0.2, 0) is 6.42 Å². The summed E-state index contributed by atoms with van der Waals surface area (Å²) in [5.74, 6) is -3.78. The van der Waals surface area contributed by atoms with Gasteiger partial charge in [-0.3, -0.25) is 0 Å². The van der Waals surface area contributed by atoms with E-state index in [-0.39, 0.29) is 4.83 Å². The first-order valence-corrected chi connectivity index (χ1v) is 7.21. The van der Waals surface area contributed by atoms with E-state index < -0.39 is 17.5 Å². The molecule has 0 aliphatic heterocycles. The highest BCUT2D eigenvalue weighted by Gasteiger charge is 2.15. The lowest BCUT2D eigenvalue weighted by atomic mass is 10.0. The third-order valence-electron chi connectivity index (χ3n) is 2.70. The fraction of sp³-hybridized carbons (Fsp3) is 0.143. The van der Waals surface area contributed by atoms with Gasteiger partial charge in [-0.1, -0.05) is 44.0 Å². The second kappa shape index (κ2) is 6.09. The van der Waals surface area contributed by atoms with E-state index in [1.807, 2.05) is 24.3 Å². The van der Waals surface area contributed by atoms with Crippen LogP contribution in [0.3, 0.4) is 0 Å². The lowest BCUT2D eigenvalue weighted by molar-refractivity contribution is 0.445. The van der Waals surface area contributed by atoms with Gasteiger partial charge in [0.2, 0.25) is 0 Å². The quantitative estimate of drug-likeness (QED) is 0.474. The molecule has 0 bridgehead atoms. The Morgan fingerprint density at radius 1 is 0.947 bits per heavy atom. The SMILES string of the molecule is Fc1cc(C(Br)Cc2ccc(Br)cc2)cc(F)c1F. The second-order valence-electron chi connectivity index (χ2n) is 4.10. The summed E-state index contributed by atoms with van der Waals surface area (Å²) in [4.78, 5) is -0.279. The minimum absolute atomic E-state index is 0.279. The number of hydrogen-bond acceptors (Lipinski definition) is 0. The van der Waals surface area contributed by atoms with Gasteiger partial charge < -0.3 is 0 Å². The molecule has 0 N–H and O–H groups in total. The van der Waals surface area contributed by atoms with Crippen LogP contribution in [0.4, 0.5) is 13.2 Å². The maximum Gasteiger partial charge on any atom is 0.194 e. The van der Waals surface area contributed by atoms with Gasteiger partial charge >= 0.3 is 0 Å². The number of benzene rings is 2. The molecular weight excluding hydrogens is 385 g/mol. The average Bonchev–Trinajstić information content (AvgIpc) is 2.38. The molecule has 0 saturated heterocycles. The standard InChI is InChI=1S/C14H9Br2F3/c15-10-3-1-8(2-4-10)5-11(16)9-6-12(17)14(19)13(18)7-9/h1-4,6-7,11H,5H2. The molecule has 2 aromatic rings. The minimum Gasteiger partial charge on any atom is -0.204 e. The van der Waals surface area contributed by atoms with Gasteiger partial charge in [-0.25, -0.2) is 13.2 Å². The lowest BCUT2D eigenvalue weighted by Gasteiger charge is -2.11. The molecule has 100 valence electrons. The van der Waals surface area contributed by atoms with Gasteiger partial charge in [0.25, 0.3) is 0 Å². The molecule has 0 nitrogen and oxygen atoms in total. The Labute approximate surface area is 125 Å². The fourth-order valence-electron chi connectivity index (χ4n) is 1.70. The van der Waals surface area contributed by atoms with Crippen molar-refractivity contribution in [2.45, 2.75) is 11.2 Å². The molecule has 2 rings (SSSR count). The topological polar surface area (TPSA) is 0 Å². The summed E-state index contributed by atoms with van der Waals surface area (Å²) < 4.78 is 40.1. The zero-order valence-corrected chi connectivity index (χ0v) is 12.8. The predicted octanol–water partition coefficient (Wildman–Crippen LogP) is 5.55. The highest BCUT2D eigenvalue weighted by Crippen LogP contribution is 2.29. The number of hydrogen-bond donors (Lipinski definition) is 0. The van der Waals surface area contributed by atoms with Crippen LogP contribution in [0.1, 0.15) is 16.0 Å². The van der Waals surface area contributed by atoms with Crippen LogP contribution < -0.4 is 0 Å². The minimum atomic E-state index is -1.44. The summed E-state index contributed by atoms with van der Waals surface area (Å²) in [6, 6.07) is 9.62. The van der Waals surface area contributed by atoms with Crippen molar-refractivity contribution in [1.29, 1.82) is 0 Å². The van der Waals surface area contributed by atoms with E-state index in [9.17, 15) is 13.2 Å². The number of rotatable bonds is 3. The summed E-state index contributed by atoms with van der Waals surface area (Å²) >= 11 is 6.70. The molecule has 5 heteroatoms. The molecule has 1 unspecified atom stereocenters. The molecule has 1 atom stereocenters. The monoisotopic (exact) mass is 392 g/mol. The van der Waals surface area contributed by atoms with E-state index in [1.54, 1.807) is 0 Å². The average molecular weight is 394 g/mol. The smallest absolute Gasteiger partial charge is 0.194 e. The molecule has 0 saturated carbocycles. The Kier molecular flexibility index (Phi) is 4.68. The van der Waals surface area contributed by atoms with Gasteiger partial charge in [-0.2, -0.15) is 0 Å². The van der Waals surface area contributed by atoms with Crippen molar-refractivity contribution in [2.24, 2.45) is 0 Å². The van der Waals surface area contributed by atoms with Gasteiger partial charge in [0.05, 0.1) is 0 Å². The van der Waals surface area contributed by atoms with Crippen molar-refractivity contribution in [3.8, 4) is 0 Å². The summed E-state index contributed by atoms with van der Waals surface area (Å²) in [6.07, 6.45) is 0.553. The Morgan fingerprint density at radius 3 is 2.00 bits per heavy atom. The number of alkyl halides is 1. The Bertz CT molecular complexity index is 559. The van der Waals surface area contributed by atoms with Gasteiger partial charge in [-0.05, 0) is 41.8 Å².